The van der Waals surface area contributed by atoms with Crippen LogP contribution in [-0.2, 0) is 15.1 Å². The molecule has 0 spiro atoms. The number of amides is 2. The molecule has 0 aromatic heterocycles. The van der Waals surface area contributed by atoms with Crippen molar-refractivity contribution in [2.75, 3.05) is 13.1 Å². The van der Waals surface area contributed by atoms with Crippen LogP contribution in [-0.4, -0.2) is 33.7 Å². The van der Waals surface area contributed by atoms with E-state index in [0.29, 0.717) is 6.54 Å². The summed E-state index contributed by atoms with van der Waals surface area (Å²) in [6, 6.07) is 16.1. The molecule has 1 heterocycles. The number of alkyl halides is 1. The number of hydrogen-bond donors (Lipinski definition) is 1. The quantitative estimate of drug-likeness (QED) is 0.490. The maximum Gasteiger partial charge on any atom is 0.240 e. The number of carbonyl (C=O) groups is 2. The van der Waals surface area contributed by atoms with Crippen LogP contribution in [0.4, 0.5) is 4.39 Å². The van der Waals surface area contributed by atoms with E-state index < -0.39 is 5.54 Å². The van der Waals surface area contributed by atoms with Gasteiger partial charge in [0.25, 0.3) is 0 Å². The van der Waals surface area contributed by atoms with Gasteiger partial charge in [-0.3, -0.25) is 9.59 Å². The lowest BCUT2D eigenvalue weighted by Crippen LogP contribution is -2.60. The largest absolute Gasteiger partial charge is 0.344 e. The van der Waals surface area contributed by atoms with Crippen molar-refractivity contribution in [3.63, 3.8) is 0 Å². The number of hydrogen-bond acceptors (Lipinski definition) is 2. The maximum atomic E-state index is 13.4. The van der Waals surface area contributed by atoms with Gasteiger partial charge in [-0.15, -0.1) is 0 Å². The Morgan fingerprint density at radius 1 is 1.14 bits per heavy atom. The average Bonchev–Trinajstić information content (AvgIpc) is 2.73. The predicted octanol–water partition coefficient (Wildman–Crippen LogP) is 4.14. The van der Waals surface area contributed by atoms with Crippen molar-refractivity contribution in [2.24, 2.45) is 0 Å². The first-order chi connectivity index (χ1) is 14.0. The highest BCUT2D eigenvalue weighted by Gasteiger charge is 2.48. The summed E-state index contributed by atoms with van der Waals surface area (Å²) in [7, 11) is 0. The number of piperidine rings is 1. The number of nitrogens with one attached hydrogen (secondary N) is 1. The molecule has 1 saturated heterocycles. The van der Waals surface area contributed by atoms with E-state index in [4.69, 9.17) is 0 Å². The molecule has 152 valence electrons. The molecule has 6 heteroatoms. The first-order valence-electron chi connectivity index (χ1n) is 10.0. The number of nitrogens with zero attached hydrogens (tertiary/aromatic N) is 1. The SMILES string of the molecule is O=C(CN1CCCC(c2ccccc2)C1=O)NC1(c2ccc(F)cc2)CCC1I. The minimum Gasteiger partial charge on any atom is -0.344 e. The van der Waals surface area contributed by atoms with Crippen molar-refractivity contribution in [1.82, 2.24) is 10.2 Å². The third-order valence-electron chi connectivity index (χ3n) is 6.12. The van der Waals surface area contributed by atoms with Crippen LogP contribution >= 0.6 is 22.6 Å². The molecule has 2 aromatic rings. The zero-order chi connectivity index (χ0) is 20.4. The lowest BCUT2D eigenvalue weighted by molar-refractivity contribution is -0.140. The Labute approximate surface area is 184 Å². The van der Waals surface area contributed by atoms with Crippen molar-refractivity contribution in [3.8, 4) is 0 Å². The number of halogens is 2. The summed E-state index contributed by atoms with van der Waals surface area (Å²) in [5.41, 5.74) is 1.45. The Bertz CT molecular complexity index is 890. The van der Waals surface area contributed by atoms with Crippen molar-refractivity contribution in [2.45, 2.75) is 41.1 Å². The molecule has 2 amide bonds. The lowest BCUT2D eigenvalue weighted by Gasteiger charge is -2.48. The normalized spacial score (nSPS) is 26.7. The van der Waals surface area contributed by atoms with Crippen LogP contribution in [0, 0.1) is 5.82 Å². The van der Waals surface area contributed by atoms with Crippen molar-refractivity contribution in [1.29, 1.82) is 0 Å². The van der Waals surface area contributed by atoms with E-state index in [-0.39, 0.29) is 34.0 Å². The topological polar surface area (TPSA) is 49.4 Å². The fourth-order valence-electron chi connectivity index (χ4n) is 4.38. The minimum atomic E-state index is -0.483. The van der Waals surface area contributed by atoms with Gasteiger partial charge in [-0.2, -0.15) is 0 Å². The third-order valence-corrected chi connectivity index (χ3v) is 7.80. The molecule has 3 unspecified atom stereocenters. The molecule has 2 aliphatic rings. The molecular formula is C23H24FIN2O2. The van der Waals surface area contributed by atoms with Gasteiger partial charge in [0.1, 0.15) is 5.82 Å². The number of likely N-dealkylation sites (tertiary alicyclic amines) is 1. The van der Waals surface area contributed by atoms with Crippen LogP contribution in [0.2, 0.25) is 0 Å². The van der Waals surface area contributed by atoms with E-state index in [1.54, 1.807) is 17.0 Å². The van der Waals surface area contributed by atoms with E-state index in [1.165, 1.54) is 12.1 Å². The molecule has 1 saturated carbocycles. The summed E-state index contributed by atoms with van der Waals surface area (Å²) in [4.78, 5) is 27.6. The number of benzene rings is 2. The molecule has 2 aromatic carbocycles. The monoisotopic (exact) mass is 506 g/mol. The number of carbonyl (C=O) groups excluding carboxylic acids is 2. The van der Waals surface area contributed by atoms with Gasteiger partial charge in [0.05, 0.1) is 18.0 Å². The fraction of sp³-hybridized carbons (Fsp3) is 0.391. The molecule has 2 fully saturated rings. The lowest BCUT2D eigenvalue weighted by atomic mass is 9.71. The Morgan fingerprint density at radius 3 is 2.48 bits per heavy atom. The van der Waals surface area contributed by atoms with Crippen LogP contribution in [0.1, 0.15) is 42.7 Å². The Balaban J connectivity index is 1.46. The molecule has 0 radical (unpaired) electrons. The Hall–Kier alpha value is -1.96. The van der Waals surface area contributed by atoms with Crippen molar-refractivity contribution >= 4 is 34.4 Å². The molecule has 29 heavy (non-hydrogen) atoms. The van der Waals surface area contributed by atoms with Crippen LogP contribution in [0.3, 0.4) is 0 Å². The molecule has 1 N–H and O–H groups in total. The molecule has 4 rings (SSSR count). The zero-order valence-corrected chi connectivity index (χ0v) is 18.3. The van der Waals surface area contributed by atoms with Gasteiger partial charge in [-0.25, -0.2) is 4.39 Å². The standard InChI is InChI=1S/C23H24FIN2O2/c24-18-10-8-17(9-11-18)23(13-12-20(23)25)26-21(28)15-27-14-4-7-19(22(27)29)16-5-2-1-3-6-16/h1-3,5-6,8-11,19-20H,4,7,12-15H2,(H,26,28). The summed E-state index contributed by atoms with van der Waals surface area (Å²) in [5, 5.41) is 3.18. The molecule has 1 aliphatic heterocycles. The first kappa shape index (κ1) is 20.3. The third kappa shape index (κ3) is 4.04. The first-order valence-corrected chi connectivity index (χ1v) is 11.3. The molecule has 0 bridgehead atoms. The van der Waals surface area contributed by atoms with E-state index in [2.05, 4.69) is 27.9 Å². The van der Waals surface area contributed by atoms with Crippen molar-refractivity contribution in [3.05, 3.63) is 71.5 Å². The second-order valence-corrected chi connectivity index (χ2v) is 9.40. The van der Waals surface area contributed by atoms with Gasteiger partial charge in [-0.1, -0.05) is 65.1 Å². The molecule has 4 nitrogen and oxygen atoms in total. The second kappa shape index (κ2) is 8.42. The highest BCUT2D eigenvalue weighted by molar-refractivity contribution is 14.1. The van der Waals surface area contributed by atoms with E-state index in [9.17, 15) is 14.0 Å². The predicted molar refractivity (Wildman–Crippen MR) is 118 cm³/mol. The van der Waals surface area contributed by atoms with Gasteiger partial charge in [0, 0.05) is 10.5 Å². The number of rotatable bonds is 5. The van der Waals surface area contributed by atoms with E-state index in [1.807, 2.05) is 30.3 Å². The molecular weight excluding hydrogens is 482 g/mol. The highest BCUT2D eigenvalue weighted by Crippen LogP contribution is 2.46. The minimum absolute atomic E-state index is 0.0214. The summed E-state index contributed by atoms with van der Waals surface area (Å²) >= 11 is 2.35. The van der Waals surface area contributed by atoms with Crippen molar-refractivity contribution < 1.29 is 14.0 Å². The highest BCUT2D eigenvalue weighted by atomic mass is 127. The molecule has 1 aliphatic carbocycles. The van der Waals surface area contributed by atoms with Gasteiger partial charge in [0.15, 0.2) is 0 Å². The fourth-order valence-corrected chi connectivity index (χ4v) is 5.52. The molecule has 3 atom stereocenters. The van der Waals surface area contributed by atoms with Crippen LogP contribution in [0.15, 0.2) is 54.6 Å². The van der Waals surface area contributed by atoms with E-state index in [0.717, 1.165) is 36.8 Å². The van der Waals surface area contributed by atoms with Crippen LogP contribution in [0.25, 0.3) is 0 Å². The van der Waals surface area contributed by atoms with Gasteiger partial charge in [0.2, 0.25) is 11.8 Å². The smallest absolute Gasteiger partial charge is 0.240 e. The van der Waals surface area contributed by atoms with Gasteiger partial charge < -0.3 is 10.2 Å². The summed E-state index contributed by atoms with van der Waals surface area (Å²) < 4.78 is 13.6. The maximum absolute atomic E-state index is 13.4. The van der Waals surface area contributed by atoms with Gasteiger partial charge in [-0.05, 0) is 48.9 Å². The Morgan fingerprint density at radius 2 is 1.86 bits per heavy atom. The van der Waals surface area contributed by atoms with E-state index >= 15 is 0 Å². The van der Waals surface area contributed by atoms with Gasteiger partial charge >= 0.3 is 0 Å². The average molecular weight is 506 g/mol. The van der Waals surface area contributed by atoms with Crippen LogP contribution in [0.5, 0.6) is 0 Å². The summed E-state index contributed by atoms with van der Waals surface area (Å²) in [6.45, 7) is 0.668. The second-order valence-electron chi connectivity index (χ2n) is 7.90. The summed E-state index contributed by atoms with van der Waals surface area (Å²) in [5.74, 6) is -0.596. The van der Waals surface area contributed by atoms with Crippen LogP contribution < -0.4 is 5.32 Å². The zero-order valence-electron chi connectivity index (χ0n) is 16.1. The Kier molecular flexibility index (Phi) is 5.90. The summed E-state index contributed by atoms with van der Waals surface area (Å²) in [6.07, 6.45) is 3.52.